The number of aromatic nitrogens is 2. The molecule has 5 aromatic rings. The molecule has 0 spiro atoms. The molecule has 45 heavy (non-hydrogen) atoms. The van der Waals surface area contributed by atoms with Crippen molar-refractivity contribution < 1.29 is 56.7 Å². The van der Waals surface area contributed by atoms with Crippen molar-refractivity contribution in [3.8, 4) is 11.5 Å². The molecule has 0 aliphatic carbocycles. The van der Waals surface area contributed by atoms with Gasteiger partial charge in [0.2, 0.25) is 0 Å². The van der Waals surface area contributed by atoms with Crippen molar-refractivity contribution >= 4 is 72.7 Å². The maximum atomic E-state index is 13.4. The van der Waals surface area contributed by atoms with Crippen molar-refractivity contribution in [2.45, 2.75) is 18.9 Å². The molecular formula is C28H18ClF4N3O8S. The van der Waals surface area contributed by atoms with Gasteiger partial charge < -0.3 is 30.1 Å². The first-order valence-corrected chi connectivity index (χ1v) is 13.5. The Hall–Kier alpha value is -5.22. The third-order valence-electron chi connectivity index (χ3n) is 5.66. The number of aliphatic carboxylic acids is 3. The Morgan fingerprint density at radius 2 is 1.69 bits per heavy atom. The molecule has 0 fully saturated rings. The molecule has 234 valence electrons. The number of thiophene rings is 1. The number of carbonyl (C=O) groups is 3. The van der Waals surface area contributed by atoms with E-state index in [1.807, 2.05) is 0 Å². The maximum absolute atomic E-state index is 13.4. The van der Waals surface area contributed by atoms with Gasteiger partial charge in [0.05, 0.1) is 10.4 Å². The van der Waals surface area contributed by atoms with Crippen LogP contribution in [0, 0.1) is 5.82 Å². The van der Waals surface area contributed by atoms with Crippen molar-refractivity contribution in [3.63, 3.8) is 0 Å². The Kier molecular flexibility index (Phi) is 9.88. The van der Waals surface area contributed by atoms with E-state index in [0.717, 1.165) is 10.8 Å². The number of benzene rings is 3. The van der Waals surface area contributed by atoms with Gasteiger partial charge in [0, 0.05) is 15.8 Å². The Balaban J connectivity index is 0.000000591. The monoisotopic (exact) mass is 667 g/mol. The molecule has 0 saturated carbocycles. The number of ether oxygens (including phenoxy) is 2. The maximum Gasteiger partial charge on any atom is 0.490 e. The van der Waals surface area contributed by atoms with Crippen molar-refractivity contribution in [1.29, 1.82) is 0 Å². The number of halogens is 5. The lowest BCUT2D eigenvalue weighted by molar-refractivity contribution is -0.192. The predicted octanol–water partition coefficient (Wildman–Crippen LogP) is 6.51. The number of hydrogen-bond donors (Lipinski definition) is 4. The SMILES string of the molecule is O=C(O)C(F)(F)F.O=C(O)C(Oc1ccc2c(c1)sc1ncnc(Nc3ccc(OCc4cccc(F)c4)c(Cl)c3)c12)C(=O)O. The summed E-state index contributed by atoms with van der Waals surface area (Å²) in [7, 11) is 0. The van der Waals surface area contributed by atoms with E-state index in [9.17, 15) is 27.2 Å². The molecule has 17 heteroatoms. The van der Waals surface area contributed by atoms with E-state index >= 15 is 0 Å². The van der Waals surface area contributed by atoms with Crippen molar-refractivity contribution in [1.82, 2.24) is 9.97 Å². The van der Waals surface area contributed by atoms with Crippen LogP contribution in [-0.2, 0) is 21.0 Å². The first kappa shape index (κ1) is 32.7. The minimum absolute atomic E-state index is 0.0990. The summed E-state index contributed by atoms with van der Waals surface area (Å²) in [5.74, 6) is -5.26. The predicted molar refractivity (Wildman–Crippen MR) is 154 cm³/mol. The highest BCUT2D eigenvalue weighted by molar-refractivity contribution is 7.25. The molecule has 0 unspecified atom stereocenters. The van der Waals surface area contributed by atoms with Crippen molar-refractivity contribution in [2.75, 3.05) is 5.32 Å². The quantitative estimate of drug-likeness (QED) is 0.0999. The molecule has 0 aliphatic heterocycles. The third-order valence-corrected chi connectivity index (χ3v) is 7.02. The summed E-state index contributed by atoms with van der Waals surface area (Å²) in [4.78, 5) is 40.6. The van der Waals surface area contributed by atoms with Crippen LogP contribution < -0.4 is 14.8 Å². The Bertz CT molecular complexity index is 1890. The molecular weight excluding hydrogens is 650 g/mol. The molecule has 0 saturated heterocycles. The number of hydrogen-bond acceptors (Lipinski definition) is 9. The van der Waals surface area contributed by atoms with Crippen LogP contribution in [0.5, 0.6) is 11.5 Å². The number of alkyl halides is 3. The summed E-state index contributed by atoms with van der Waals surface area (Å²) >= 11 is 7.74. The van der Waals surface area contributed by atoms with Crippen molar-refractivity contribution in [3.05, 3.63) is 83.4 Å². The van der Waals surface area contributed by atoms with Gasteiger partial charge in [-0.1, -0.05) is 23.7 Å². The van der Waals surface area contributed by atoms with Gasteiger partial charge in [0.1, 0.15) is 40.9 Å². The molecule has 2 aromatic heterocycles. The van der Waals surface area contributed by atoms with E-state index in [2.05, 4.69) is 15.3 Å². The Labute approximate surface area is 258 Å². The van der Waals surface area contributed by atoms with Crippen molar-refractivity contribution in [2.24, 2.45) is 0 Å². The van der Waals surface area contributed by atoms with Crippen LogP contribution in [0.25, 0.3) is 20.3 Å². The second-order valence-electron chi connectivity index (χ2n) is 8.83. The number of nitrogens with one attached hydrogen (secondary N) is 1. The highest BCUT2D eigenvalue weighted by Gasteiger charge is 2.38. The topological polar surface area (TPSA) is 168 Å². The largest absolute Gasteiger partial charge is 0.490 e. The van der Waals surface area contributed by atoms with E-state index in [1.165, 1.54) is 35.9 Å². The number of fused-ring (bicyclic) bond motifs is 3. The molecule has 5 rings (SSSR count). The summed E-state index contributed by atoms with van der Waals surface area (Å²) < 4.78 is 56.7. The van der Waals surface area contributed by atoms with E-state index in [0.29, 0.717) is 37.4 Å². The fraction of sp³-hybridized carbons (Fsp3) is 0.107. The summed E-state index contributed by atoms with van der Waals surface area (Å²) in [6, 6.07) is 16.0. The lowest BCUT2D eigenvalue weighted by Gasteiger charge is -2.12. The minimum Gasteiger partial charge on any atom is -0.487 e. The first-order valence-electron chi connectivity index (χ1n) is 12.3. The molecule has 11 nitrogen and oxygen atoms in total. The van der Waals surface area contributed by atoms with E-state index in [1.54, 1.807) is 42.5 Å². The second kappa shape index (κ2) is 13.6. The van der Waals surface area contributed by atoms with E-state index < -0.39 is 30.2 Å². The van der Waals surface area contributed by atoms with Gasteiger partial charge in [0.15, 0.2) is 0 Å². The molecule has 4 N–H and O–H groups in total. The van der Waals surface area contributed by atoms with Crippen LogP contribution in [0.2, 0.25) is 5.02 Å². The molecule has 2 heterocycles. The molecule has 0 aliphatic rings. The van der Waals surface area contributed by atoms with Crippen LogP contribution in [-0.4, -0.2) is 55.5 Å². The molecule has 0 amide bonds. The Morgan fingerprint density at radius 1 is 0.978 bits per heavy atom. The number of carboxylic acid groups (broad SMARTS) is 3. The third kappa shape index (κ3) is 8.24. The van der Waals surface area contributed by atoms with Gasteiger partial charge in [0.25, 0.3) is 6.10 Å². The van der Waals surface area contributed by atoms with E-state index in [4.69, 9.17) is 41.2 Å². The van der Waals surface area contributed by atoms with Gasteiger partial charge in [-0.25, -0.2) is 28.7 Å². The van der Waals surface area contributed by atoms with Gasteiger partial charge >= 0.3 is 24.1 Å². The molecule has 0 bridgehead atoms. The number of rotatable bonds is 9. The lowest BCUT2D eigenvalue weighted by atomic mass is 10.2. The van der Waals surface area contributed by atoms with Gasteiger partial charge in [-0.3, -0.25) is 0 Å². The number of nitrogens with zero attached hydrogens (tertiary/aromatic N) is 2. The van der Waals surface area contributed by atoms with Crippen LogP contribution in [0.3, 0.4) is 0 Å². The first-order chi connectivity index (χ1) is 21.2. The minimum atomic E-state index is -5.08. The average Bonchev–Trinajstić information content (AvgIpc) is 3.34. The number of anilines is 2. The number of carboxylic acids is 3. The fourth-order valence-corrected chi connectivity index (χ4v) is 5.03. The van der Waals surface area contributed by atoms with Gasteiger partial charge in [-0.2, -0.15) is 13.2 Å². The zero-order chi connectivity index (χ0) is 32.9. The molecule has 3 aromatic carbocycles. The van der Waals surface area contributed by atoms with Crippen LogP contribution in [0.1, 0.15) is 5.56 Å². The summed E-state index contributed by atoms with van der Waals surface area (Å²) in [6.07, 6.45) is -5.70. The Morgan fingerprint density at radius 3 is 2.31 bits per heavy atom. The zero-order valence-corrected chi connectivity index (χ0v) is 23.8. The molecule has 0 radical (unpaired) electrons. The smallest absolute Gasteiger partial charge is 0.487 e. The fourth-order valence-electron chi connectivity index (χ4n) is 3.72. The second-order valence-corrected chi connectivity index (χ2v) is 10.3. The van der Waals surface area contributed by atoms with Gasteiger partial charge in [-0.15, -0.1) is 11.3 Å². The highest BCUT2D eigenvalue weighted by atomic mass is 35.5. The summed E-state index contributed by atoms with van der Waals surface area (Å²) in [5.41, 5.74) is 1.31. The normalized spacial score (nSPS) is 11.2. The van der Waals surface area contributed by atoms with Crippen LogP contribution in [0.15, 0.2) is 67.0 Å². The standard InChI is InChI=1S/C26H17ClFN3O6S.C2HF3O2/c27-18-9-15(4-7-19(18)36-11-13-2-1-3-14(28)8-13)31-23-21-17-6-5-16(37-22(25(32)33)26(34)35)10-20(17)38-24(21)30-12-29-23;3-2(4,5)1(6)7/h1-10,12,22H,11H2,(H,32,33)(H,34,35)(H,29,30,31);(H,6,7). The molecule has 0 atom stereocenters. The summed E-state index contributed by atoms with van der Waals surface area (Å²) in [5, 5.41) is 30.3. The average molecular weight is 668 g/mol. The van der Waals surface area contributed by atoms with E-state index in [-0.39, 0.29) is 18.2 Å². The van der Waals surface area contributed by atoms with Gasteiger partial charge in [-0.05, 0) is 54.1 Å². The van der Waals surface area contributed by atoms with Crippen LogP contribution in [0.4, 0.5) is 29.1 Å². The van der Waals surface area contributed by atoms with Crippen LogP contribution >= 0.6 is 22.9 Å². The lowest BCUT2D eigenvalue weighted by Crippen LogP contribution is -2.35. The zero-order valence-electron chi connectivity index (χ0n) is 22.2. The summed E-state index contributed by atoms with van der Waals surface area (Å²) in [6.45, 7) is 0.156. The highest BCUT2D eigenvalue weighted by Crippen LogP contribution is 2.39.